The highest BCUT2D eigenvalue weighted by Gasteiger charge is 2.36. The zero-order valence-corrected chi connectivity index (χ0v) is 10.9. The van der Waals surface area contributed by atoms with Crippen molar-refractivity contribution in [1.82, 2.24) is 0 Å². The van der Waals surface area contributed by atoms with E-state index in [2.05, 4.69) is 4.74 Å². The molecule has 1 aromatic rings. The summed E-state index contributed by atoms with van der Waals surface area (Å²) in [7, 11) is 1.27. The van der Waals surface area contributed by atoms with Crippen molar-refractivity contribution in [2.75, 3.05) is 13.7 Å². The summed E-state index contributed by atoms with van der Waals surface area (Å²) in [6.45, 7) is 3.32. The number of esters is 1. The number of Topliss-reactive ketones (excluding diaryl/α,β-unsaturated/α-hetero) is 1. The zero-order valence-electron chi connectivity index (χ0n) is 10.9. The first-order chi connectivity index (χ1) is 8.48. The fraction of sp³-hybridized carbons (Fsp3) is 0.429. The summed E-state index contributed by atoms with van der Waals surface area (Å²) in [5, 5.41) is 0. The molecule has 0 N–H and O–H groups in total. The largest absolute Gasteiger partial charge is 0.468 e. The third-order valence-corrected chi connectivity index (χ3v) is 2.74. The van der Waals surface area contributed by atoms with E-state index < -0.39 is 11.4 Å². The maximum Gasteiger partial charge on any atom is 0.318 e. The smallest absolute Gasteiger partial charge is 0.318 e. The Morgan fingerprint density at radius 3 is 2.33 bits per heavy atom. The molecule has 0 saturated heterocycles. The Bertz CT molecular complexity index is 409. The van der Waals surface area contributed by atoms with Crippen LogP contribution in [0.1, 0.15) is 19.4 Å². The fourth-order valence-electron chi connectivity index (χ4n) is 1.39. The standard InChI is InChI=1S/C14H18O4/c1-14(2,13(16)17-3)12(15)10-18-9-11-7-5-4-6-8-11/h4-8H,9-10H2,1-3H3. The molecule has 0 atom stereocenters. The van der Waals surface area contributed by atoms with Crippen LogP contribution in [0.2, 0.25) is 0 Å². The van der Waals surface area contributed by atoms with Crippen molar-refractivity contribution in [3.8, 4) is 0 Å². The van der Waals surface area contributed by atoms with E-state index in [0.717, 1.165) is 5.56 Å². The topological polar surface area (TPSA) is 52.6 Å². The minimum absolute atomic E-state index is 0.100. The average Bonchev–Trinajstić information content (AvgIpc) is 2.38. The van der Waals surface area contributed by atoms with Crippen LogP contribution < -0.4 is 0 Å². The number of ether oxygens (including phenoxy) is 2. The molecule has 0 aliphatic heterocycles. The van der Waals surface area contributed by atoms with E-state index in [9.17, 15) is 9.59 Å². The van der Waals surface area contributed by atoms with Crippen LogP contribution in [0, 0.1) is 5.41 Å². The van der Waals surface area contributed by atoms with Gasteiger partial charge < -0.3 is 9.47 Å². The first-order valence-electron chi connectivity index (χ1n) is 5.72. The molecule has 1 rings (SSSR count). The molecule has 0 unspecified atom stereocenters. The molecular formula is C14H18O4. The second-order valence-corrected chi connectivity index (χ2v) is 4.52. The second kappa shape index (κ2) is 6.31. The Morgan fingerprint density at radius 1 is 1.17 bits per heavy atom. The van der Waals surface area contributed by atoms with E-state index >= 15 is 0 Å². The number of ketones is 1. The molecule has 0 amide bonds. The third kappa shape index (κ3) is 3.67. The number of hydrogen-bond donors (Lipinski definition) is 0. The first kappa shape index (κ1) is 14.4. The van der Waals surface area contributed by atoms with Gasteiger partial charge in [-0.1, -0.05) is 30.3 Å². The quantitative estimate of drug-likeness (QED) is 0.572. The van der Waals surface area contributed by atoms with Crippen molar-refractivity contribution < 1.29 is 19.1 Å². The highest BCUT2D eigenvalue weighted by Crippen LogP contribution is 2.18. The van der Waals surface area contributed by atoms with Crippen LogP contribution in [-0.4, -0.2) is 25.5 Å². The molecular weight excluding hydrogens is 232 g/mol. The molecule has 0 fully saturated rings. The van der Waals surface area contributed by atoms with Crippen LogP contribution in [0.5, 0.6) is 0 Å². The van der Waals surface area contributed by atoms with Crippen molar-refractivity contribution in [2.24, 2.45) is 5.41 Å². The average molecular weight is 250 g/mol. The van der Waals surface area contributed by atoms with Gasteiger partial charge in [0.15, 0.2) is 5.78 Å². The van der Waals surface area contributed by atoms with Crippen molar-refractivity contribution >= 4 is 11.8 Å². The normalized spacial score (nSPS) is 11.1. The van der Waals surface area contributed by atoms with Crippen LogP contribution in [0.3, 0.4) is 0 Å². The lowest BCUT2D eigenvalue weighted by atomic mass is 9.88. The van der Waals surface area contributed by atoms with Gasteiger partial charge in [0, 0.05) is 0 Å². The molecule has 0 aliphatic carbocycles. The molecule has 0 aromatic heterocycles. The highest BCUT2D eigenvalue weighted by molar-refractivity contribution is 6.03. The first-order valence-corrected chi connectivity index (χ1v) is 5.72. The Balaban J connectivity index is 2.44. The summed E-state index contributed by atoms with van der Waals surface area (Å²) in [5.74, 6) is -0.832. The fourth-order valence-corrected chi connectivity index (χ4v) is 1.39. The second-order valence-electron chi connectivity index (χ2n) is 4.52. The monoisotopic (exact) mass is 250 g/mol. The van der Waals surface area contributed by atoms with Gasteiger partial charge in [0.2, 0.25) is 0 Å². The van der Waals surface area contributed by atoms with Crippen LogP contribution >= 0.6 is 0 Å². The lowest BCUT2D eigenvalue weighted by Gasteiger charge is -2.19. The minimum Gasteiger partial charge on any atom is -0.468 e. The van der Waals surface area contributed by atoms with Gasteiger partial charge in [0.1, 0.15) is 12.0 Å². The summed E-state index contributed by atoms with van der Waals surface area (Å²) >= 11 is 0. The maximum atomic E-state index is 11.8. The Kier molecular flexibility index (Phi) is 5.04. The lowest BCUT2D eigenvalue weighted by molar-refractivity contribution is -0.157. The van der Waals surface area contributed by atoms with Crippen molar-refractivity contribution in [2.45, 2.75) is 20.5 Å². The molecule has 0 saturated carbocycles. The Hall–Kier alpha value is -1.68. The number of hydrogen-bond acceptors (Lipinski definition) is 4. The molecule has 4 heteroatoms. The van der Waals surface area contributed by atoms with E-state index in [1.54, 1.807) is 0 Å². The summed E-state index contributed by atoms with van der Waals surface area (Å²) in [5.41, 5.74) is -0.174. The molecule has 0 radical (unpaired) electrons. The molecule has 0 aliphatic rings. The molecule has 0 heterocycles. The zero-order chi connectivity index (χ0) is 13.6. The van der Waals surface area contributed by atoms with E-state index in [0.29, 0.717) is 6.61 Å². The van der Waals surface area contributed by atoms with Crippen LogP contribution in [0.25, 0.3) is 0 Å². The summed E-state index contributed by atoms with van der Waals surface area (Å²) in [4.78, 5) is 23.2. The van der Waals surface area contributed by atoms with Gasteiger partial charge in [0.05, 0.1) is 13.7 Å². The van der Waals surface area contributed by atoms with Crippen molar-refractivity contribution in [1.29, 1.82) is 0 Å². The van der Waals surface area contributed by atoms with Crippen LogP contribution in [0.15, 0.2) is 30.3 Å². The Labute approximate surface area is 107 Å². The van der Waals surface area contributed by atoms with E-state index in [-0.39, 0.29) is 12.4 Å². The molecule has 4 nitrogen and oxygen atoms in total. The summed E-state index contributed by atoms with van der Waals surface area (Å²) in [6, 6.07) is 9.54. The van der Waals surface area contributed by atoms with Gasteiger partial charge in [-0.2, -0.15) is 0 Å². The summed E-state index contributed by atoms with van der Waals surface area (Å²) in [6.07, 6.45) is 0. The molecule has 0 spiro atoms. The van der Waals surface area contributed by atoms with Crippen molar-refractivity contribution in [3.63, 3.8) is 0 Å². The number of methoxy groups -OCH3 is 1. The van der Waals surface area contributed by atoms with Gasteiger partial charge in [-0.05, 0) is 19.4 Å². The van der Waals surface area contributed by atoms with Gasteiger partial charge >= 0.3 is 5.97 Å². The number of benzene rings is 1. The maximum absolute atomic E-state index is 11.8. The predicted molar refractivity (Wildman–Crippen MR) is 66.9 cm³/mol. The van der Waals surface area contributed by atoms with Gasteiger partial charge in [-0.25, -0.2) is 0 Å². The number of carbonyl (C=O) groups excluding carboxylic acids is 2. The number of carbonyl (C=O) groups is 2. The summed E-state index contributed by atoms with van der Waals surface area (Å²) < 4.78 is 9.89. The van der Waals surface area contributed by atoms with E-state index in [4.69, 9.17) is 4.74 Å². The van der Waals surface area contributed by atoms with Crippen LogP contribution in [-0.2, 0) is 25.7 Å². The van der Waals surface area contributed by atoms with Gasteiger partial charge in [-0.3, -0.25) is 9.59 Å². The molecule has 0 bridgehead atoms. The predicted octanol–water partition coefficient (Wildman–Crippen LogP) is 1.97. The van der Waals surface area contributed by atoms with Gasteiger partial charge in [0.25, 0.3) is 0 Å². The SMILES string of the molecule is COC(=O)C(C)(C)C(=O)COCc1ccccc1. The van der Waals surface area contributed by atoms with Crippen LogP contribution in [0.4, 0.5) is 0 Å². The third-order valence-electron chi connectivity index (χ3n) is 2.74. The van der Waals surface area contributed by atoms with Gasteiger partial charge in [-0.15, -0.1) is 0 Å². The van der Waals surface area contributed by atoms with E-state index in [1.807, 2.05) is 30.3 Å². The van der Waals surface area contributed by atoms with E-state index in [1.165, 1.54) is 21.0 Å². The Morgan fingerprint density at radius 2 is 1.78 bits per heavy atom. The lowest BCUT2D eigenvalue weighted by Crippen LogP contribution is -2.37. The molecule has 1 aromatic carbocycles. The highest BCUT2D eigenvalue weighted by atomic mass is 16.5. The minimum atomic E-state index is -1.16. The van der Waals surface area contributed by atoms with Crippen molar-refractivity contribution in [3.05, 3.63) is 35.9 Å². The molecule has 18 heavy (non-hydrogen) atoms. The molecule has 98 valence electrons. The number of rotatable bonds is 6.